The van der Waals surface area contributed by atoms with Crippen molar-refractivity contribution in [2.45, 2.75) is 51.0 Å². The Bertz CT molecular complexity index is 1160. The standard InChI is InChI=1S/C35H40N2O2S/c1-25(2)31(34(38,27-17-9-5-10-18-27)28-19-11-6-12-20-28)36-33(40)37-32(26(3)4)35(39,29-21-13-7-14-22-29)30-23-15-8-16-24-30/h5-26,31-32,38-39H,1-4H3,(H2,36,37,40)/t31-,32-/m0/s1. The molecule has 4 aromatic carbocycles. The molecule has 0 aliphatic rings. The highest BCUT2D eigenvalue weighted by Crippen LogP contribution is 2.38. The zero-order chi connectivity index (χ0) is 28.8. The molecule has 40 heavy (non-hydrogen) atoms. The third kappa shape index (κ3) is 5.97. The molecule has 0 heterocycles. The van der Waals surface area contributed by atoms with Gasteiger partial charge in [-0.05, 0) is 46.3 Å². The number of rotatable bonds is 10. The Labute approximate surface area is 244 Å². The molecule has 5 heteroatoms. The van der Waals surface area contributed by atoms with Crippen molar-refractivity contribution in [2.75, 3.05) is 0 Å². The number of nitrogens with one attached hydrogen (secondary N) is 2. The molecular formula is C35H40N2O2S. The van der Waals surface area contributed by atoms with Crippen molar-refractivity contribution in [3.8, 4) is 0 Å². The molecule has 2 atom stereocenters. The molecule has 0 spiro atoms. The first kappa shape index (κ1) is 29.5. The summed E-state index contributed by atoms with van der Waals surface area (Å²) in [6, 6.07) is 37.9. The third-order valence-corrected chi connectivity index (χ3v) is 7.90. The van der Waals surface area contributed by atoms with Gasteiger partial charge in [0.15, 0.2) is 5.11 Å². The second kappa shape index (κ2) is 12.8. The molecule has 208 valence electrons. The minimum Gasteiger partial charge on any atom is -0.378 e. The first-order valence-electron chi connectivity index (χ1n) is 13.9. The lowest BCUT2D eigenvalue weighted by Gasteiger charge is -2.43. The molecule has 0 radical (unpaired) electrons. The van der Waals surface area contributed by atoms with Gasteiger partial charge in [-0.2, -0.15) is 0 Å². The van der Waals surface area contributed by atoms with Gasteiger partial charge < -0.3 is 20.8 Å². The Morgan fingerprint density at radius 3 is 0.925 bits per heavy atom. The molecule has 0 aromatic heterocycles. The Morgan fingerprint density at radius 1 is 0.500 bits per heavy atom. The molecule has 0 amide bonds. The van der Waals surface area contributed by atoms with Gasteiger partial charge in [-0.15, -0.1) is 0 Å². The highest BCUT2D eigenvalue weighted by molar-refractivity contribution is 7.80. The first-order chi connectivity index (χ1) is 19.2. The minimum absolute atomic E-state index is 0.00444. The molecule has 0 saturated heterocycles. The summed E-state index contributed by atoms with van der Waals surface area (Å²) in [6.45, 7) is 8.28. The van der Waals surface area contributed by atoms with E-state index in [0.717, 1.165) is 22.3 Å². The van der Waals surface area contributed by atoms with Gasteiger partial charge in [0.25, 0.3) is 0 Å². The van der Waals surface area contributed by atoms with Crippen LogP contribution in [0.1, 0.15) is 49.9 Å². The summed E-state index contributed by atoms with van der Waals surface area (Å²) in [5.41, 5.74) is 0.401. The van der Waals surface area contributed by atoms with Crippen molar-refractivity contribution in [1.82, 2.24) is 10.6 Å². The fourth-order valence-corrected chi connectivity index (χ4v) is 5.91. The number of thiocarbonyl (C=S) groups is 1. The molecule has 0 saturated carbocycles. The lowest BCUT2D eigenvalue weighted by atomic mass is 9.75. The molecule has 4 rings (SSSR count). The van der Waals surface area contributed by atoms with E-state index in [1.807, 2.05) is 121 Å². The van der Waals surface area contributed by atoms with E-state index in [2.05, 4.69) is 38.3 Å². The van der Waals surface area contributed by atoms with Crippen LogP contribution in [0.15, 0.2) is 121 Å². The summed E-state index contributed by atoms with van der Waals surface area (Å²) in [7, 11) is 0. The van der Waals surface area contributed by atoms with E-state index >= 15 is 0 Å². The van der Waals surface area contributed by atoms with Gasteiger partial charge in [0.05, 0.1) is 12.1 Å². The SMILES string of the molecule is CC(C)[C@H](NC(=S)N[C@@H](C(C)C)C(O)(c1ccccc1)c1ccccc1)C(O)(c1ccccc1)c1ccccc1. The molecule has 4 aromatic rings. The molecule has 0 aliphatic heterocycles. The Morgan fingerprint density at radius 2 is 0.725 bits per heavy atom. The normalized spacial score (nSPS) is 13.6. The summed E-state index contributed by atoms with van der Waals surface area (Å²) < 4.78 is 0. The Hall–Kier alpha value is -3.51. The number of benzene rings is 4. The smallest absolute Gasteiger partial charge is 0.166 e. The van der Waals surface area contributed by atoms with Gasteiger partial charge in [-0.1, -0.05) is 149 Å². The van der Waals surface area contributed by atoms with E-state index in [9.17, 15) is 10.2 Å². The highest BCUT2D eigenvalue weighted by atomic mass is 32.1. The van der Waals surface area contributed by atoms with Crippen LogP contribution >= 0.6 is 12.2 Å². The molecule has 0 bridgehead atoms. The van der Waals surface area contributed by atoms with Gasteiger partial charge in [0.1, 0.15) is 11.2 Å². The predicted molar refractivity (Wildman–Crippen MR) is 168 cm³/mol. The molecule has 0 aliphatic carbocycles. The fraction of sp³-hybridized carbons (Fsp3) is 0.286. The summed E-state index contributed by atoms with van der Waals surface area (Å²) >= 11 is 5.94. The van der Waals surface area contributed by atoms with Gasteiger partial charge >= 0.3 is 0 Å². The van der Waals surface area contributed by atoms with E-state index in [1.165, 1.54) is 0 Å². The largest absolute Gasteiger partial charge is 0.378 e. The fourth-order valence-electron chi connectivity index (χ4n) is 5.65. The van der Waals surface area contributed by atoms with Crippen LogP contribution in [-0.4, -0.2) is 27.4 Å². The molecule has 4 N–H and O–H groups in total. The van der Waals surface area contributed by atoms with Gasteiger partial charge in [-0.25, -0.2) is 0 Å². The van der Waals surface area contributed by atoms with E-state index in [4.69, 9.17) is 12.2 Å². The molecule has 0 unspecified atom stereocenters. The topological polar surface area (TPSA) is 64.5 Å². The average molecular weight is 553 g/mol. The maximum atomic E-state index is 12.5. The van der Waals surface area contributed by atoms with Crippen LogP contribution in [0.5, 0.6) is 0 Å². The molecular weight excluding hydrogens is 512 g/mol. The second-order valence-electron chi connectivity index (χ2n) is 11.1. The lowest BCUT2D eigenvalue weighted by Crippen LogP contribution is -2.61. The van der Waals surface area contributed by atoms with Crippen LogP contribution < -0.4 is 10.6 Å². The maximum absolute atomic E-state index is 12.5. The monoisotopic (exact) mass is 552 g/mol. The number of aliphatic hydroxyl groups is 2. The van der Waals surface area contributed by atoms with Crippen molar-refractivity contribution in [3.05, 3.63) is 144 Å². The summed E-state index contributed by atoms with van der Waals surface area (Å²) in [4.78, 5) is 0. The predicted octanol–water partition coefficient (Wildman–Crippen LogP) is 6.37. The van der Waals surface area contributed by atoms with Crippen LogP contribution in [0.4, 0.5) is 0 Å². The summed E-state index contributed by atoms with van der Waals surface area (Å²) in [6.07, 6.45) is 0. The maximum Gasteiger partial charge on any atom is 0.166 e. The molecule has 4 nitrogen and oxygen atoms in total. The van der Waals surface area contributed by atoms with E-state index < -0.39 is 23.3 Å². The van der Waals surface area contributed by atoms with Crippen LogP contribution in [0, 0.1) is 11.8 Å². The number of hydrogen-bond donors (Lipinski definition) is 4. The zero-order valence-corrected chi connectivity index (χ0v) is 24.5. The van der Waals surface area contributed by atoms with Crippen LogP contribution in [0.25, 0.3) is 0 Å². The van der Waals surface area contributed by atoms with Gasteiger partial charge in [-0.3, -0.25) is 0 Å². The van der Waals surface area contributed by atoms with Crippen LogP contribution in [-0.2, 0) is 11.2 Å². The Kier molecular flexibility index (Phi) is 9.41. The number of hydrogen-bond acceptors (Lipinski definition) is 3. The Balaban J connectivity index is 1.73. The van der Waals surface area contributed by atoms with Gasteiger partial charge in [0, 0.05) is 0 Å². The lowest BCUT2D eigenvalue weighted by molar-refractivity contribution is 0.0210. The van der Waals surface area contributed by atoms with E-state index in [1.54, 1.807) is 0 Å². The van der Waals surface area contributed by atoms with E-state index in [0.29, 0.717) is 5.11 Å². The van der Waals surface area contributed by atoms with Crippen molar-refractivity contribution in [2.24, 2.45) is 11.8 Å². The quantitative estimate of drug-likeness (QED) is 0.172. The highest BCUT2D eigenvalue weighted by Gasteiger charge is 2.45. The summed E-state index contributed by atoms with van der Waals surface area (Å²) in [5, 5.41) is 32.3. The third-order valence-electron chi connectivity index (χ3n) is 7.66. The van der Waals surface area contributed by atoms with Crippen LogP contribution in [0.2, 0.25) is 0 Å². The van der Waals surface area contributed by atoms with Crippen molar-refractivity contribution in [3.63, 3.8) is 0 Å². The first-order valence-corrected chi connectivity index (χ1v) is 14.3. The average Bonchev–Trinajstić information content (AvgIpc) is 2.99. The van der Waals surface area contributed by atoms with Crippen LogP contribution in [0.3, 0.4) is 0 Å². The molecule has 0 fully saturated rings. The minimum atomic E-state index is -1.36. The van der Waals surface area contributed by atoms with Crippen molar-refractivity contribution < 1.29 is 10.2 Å². The van der Waals surface area contributed by atoms with E-state index in [-0.39, 0.29) is 11.8 Å². The van der Waals surface area contributed by atoms with Crippen molar-refractivity contribution in [1.29, 1.82) is 0 Å². The zero-order valence-electron chi connectivity index (χ0n) is 23.7. The summed E-state index contributed by atoms with van der Waals surface area (Å²) in [5.74, 6) is 0.00888. The van der Waals surface area contributed by atoms with Crippen molar-refractivity contribution >= 4 is 17.3 Å². The van der Waals surface area contributed by atoms with Gasteiger partial charge in [0.2, 0.25) is 0 Å². The second-order valence-corrected chi connectivity index (χ2v) is 11.5.